The van der Waals surface area contributed by atoms with E-state index in [2.05, 4.69) is 4.72 Å². The lowest BCUT2D eigenvalue weighted by Gasteiger charge is -2.10. The van der Waals surface area contributed by atoms with Crippen LogP contribution in [0, 0.1) is 18.6 Å². The van der Waals surface area contributed by atoms with Crippen molar-refractivity contribution in [2.75, 3.05) is 5.73 Å². The molecule has 0 aliphatic rings. The highest BCUT2D eigenvalue weighted by Crippen LogP contribution is 2.21. The van der Waals surface area contributed by atoms with Gasteiger partial charge in [-0.25, -0.2) is 21.9 Å². The second-order valence-corrected chi connectivity index (χ2v) is 6.30. The molecule has 0 aliphatic carbocycles. The Kier molecular flexibility index (Phi) is 4.24. The molecule has 112 valence electrons. The van der Waals surface area contributed by atoms with Crippen LogP contribution in [0.15, 0.2) is 41.3 Å². The number of rotatable bonds is 4. The summed E-state index contributed by atoms with van der Waals surface area (Å²) in [4.78, 5) is -0.292. The Labute approximate surface area is 121 Å². The van der Waals surface area contributed by atoms with Gasteiger partial charge in [-0.05, 0) is 25.1 Å². The van der Waals surface area contributed by atoms with Gasteiger partial charge in [0.25, 0.3) is 0 Å². The number of anilines is 1. The van der Waals surface area contributed by atoms with Gasteiger partial charge in [0.05, 0.1) is 4.90 Å². The zero-order chi connectivity index (χ0) is 15.6. The van der Waals surface area contributed by atoms with Crippen molar-refractivity contribution in [1.82, 2.24) is 4.72 Å². The van der Waals surface area contributed by atoms with Crippen molar-refractivity contribution in [3.8, 4) is 0 Å². The van der Waals surface area contributed by atoms with E-state index in [0.717, 1.165) is 6.07 Å². The summed E-state index contributed by atoms with van der Waals surface area (Å²) in [7, 11) is -3.97. The average Bonchev–Trinajstić information content (AvgIpc) is 2.43. The molecule has 21 heavy (non-hydrogen) atoms. The molecular formula is C14H14F2N2O2S. The second kappa shape index (κ2) is 5.79. The first-order valence-electron chi connectivity index (χ1n) is 6.10. The Balaban J connectivity index is 2.25. The van der Waals surface area contributed by atoms with Crippen molar-refractivity contribution in [3.63, 3.8) is 0 Å². The molecule has 4 nitrogen and oxygen atoms in total. The summed E-state index contributed by atoms with van der Waals surface area (Å²) < 4.78 is 53.4. The Morgan fingerprint density at radius 3 is 2.43 bits per heavy atom. The van der Waals surface area contributed by atoms with Gasteiger partial charge in [-0.3, -0.25) is 0 Å². The topological polar surface area (TPSA) is 72.2 Å². The summed E-state index contributed by atoms with van der Waals surface area (Å²) in [6.07, 6.45) is 0. The first-order chi connectivity index (χ1) is 9.81. The number of nitrogens with one attached hydrogen (secondary N) is 1. The smallest absolute Gasteiger partial charge is 0.241 e. The normalized spacial score (nSPS) is 11.6. The van der Waals surface area contributed by atoms with Crippen LogP contribution in [-0.4, -0.2) is 8.42 Å². The first kappa shape index (κ1) is 15.4. The SMILES string of the molecule is Cc1c(N)cc(S(=O)(=O)NCc2ccccc2F)cc1F. The molecule has 0 saturated carbocycles. The van der Waals surface area contributed by atoms with Crippen LogP contribution in [0.1, 0.15) is 11.1 Å². The summed E-state index contributed by atoms with van der Waals surface area (Å²) >= 11 is 0. The minimum absolute atomic E-state index is 0.0428. The third-order valence-corrected chi connectivity index (χ3v) is 4.46. The van der Waals surface area contributed by atoms with Crippen molar-refractivity contribution in [1.29, 1.82) is 0 Å². The second-order valence-electron chi connectivity index (χ2n) is 4.54. The van der Waals surface area contributed by atoms with Crippen molar-refractivity contribution >= 4 is 15.7 Å². The lowest BCUT2D eigenvalue weighted by Crippen LogP contribution is -2.24. The van der Waals surface area contributed by atoms with Crippen LogP contribution >= 0.6 is 0 Å². The van der Waals surface area contributed by atoms with Crippen molar-refractivity contribution in [3.05, 3.63) is 59.2 Å². The number of hydrogen-bond donors (Lipinski definition) is 2. The Hall–Kier alpha value is -1.99. The zero-order valence-electron chi connectivity index (χ0n) is 11.2. The van der Waals surface area contributed by atoms with Gasteiger partial charge >= 0.3 is 0 Å². The fourth-order valence-corrected chi connectivity index (χ4v) is 2.78. The molecule has 0 aliphatic heterocycles. The van der Waals surface area contributed by atoms with Crippen LogP contribution in [0.3, 0.4) is 0 Å². The summed E-state index contributed by atoms with van der Waals surface area (Å²) in [5.41, 5.74) is 5.98. The molecule has 0 spiro atoms. The van der Waals surface area contributed by atoms with Crippen LogP contribution in [0.4, 0.5) is 14.5 Å². The first-order valence-corrected chi connectivity index (χ1v) is 7.58. The van der Waals surface area contributed by atoms with Gasteiger partial charge in [0.2, 0.25) is 10.0 Å². The molecule has 0 unspecified atom stereocenters. The monoisotopic (exact) mass is 312 g/mol. The molecular weight excluding hydrogens is 298 g/mol. The highest BCUT2D eigenvalue weighted by molar-refractivity contribution is 7.89. The fourth-order valence-electron chi connectivity index (χ4n) is 1.73. The van der Waals surface area contributed by atoms with E-state index in [0.29, 0.717) is 0 Å². The number of hydrogen-bond acceptors (Lipinski definition) is 3. The van der Waals surface area contributed by atoms with Gasteiger partial charge in [0.1, 0.15) is 11.6 Å². The molecule has 0 heterocycles. The van der Waals surface area contributed by atoms with Gasteiger partial charge in [0, 0.05) is 23.4 Å². The number of benzene rings is 2. The van der Waals surface area contributed by atoms with E-state index in [4.69, 9.17) is 5.73 Å². The van der Waals surface area contributed by atoms with E-state index < -0.39 is 21.7 Å². The lowest BCUT2D eigenvalue weighted by atomic mass is 10.2. The van der Waals surface area contributed by atoms with Gasteiger partial charge < -0.3 is 5.73 Å². The van der Waals surface area contributed by atoms with E-state index in [-0.39, 0.29) is 28.3 Å². The molecule has 0 fully saturated rings. The molecule has 0 radical (unpaired) electrons. The quantitative estimate of drug-likeness (QED) is 0.851. The van der Waals surface area contributed by atoms with Gasteiger partial charge in [-0.15, -0.1) is 0 Å². The van der Waals surface area contributed by atoms with E-state index >= 15 is 0 Å². The predicted octanol–water partition coefficient (Wildman–Crippen LogP) is 2.33. The van der Waals surface area contributed by atoms with Crippen molar-refractivity contribution in [2.24, 2.45) is 0 Å². The Bertz CT molecular complexity index is 753. The molecule has 2 rings (SSSR count). The molecule has 0 amide bonds. The van der Waals surface area contributed by atoms with Crippen molar-refractivity contribution in [2.45, 2.75) is 18.4 Å². The van der Waals surface area contributed by atoms with Crippen LogP contribution in [0.25, 0.3) is 0 Å². The molecule has 0 aromatic heterocycles. The standard InChI is InChI=1S/C14H14F2N2O2S/c1-9-13(16)6-11(7-14(9)17)21(19,20)18-8-10-4-2-3-5-12(10)15/h2-7,18H,8,17H2,1H3. The minimum Gasteiger partial charge on any atom is -0.398 e. The zero-order valence-corrected chi connectivity index (χ0v) is 12.0. The lowest BCUT2D eigenvalue weighted by molar-refractivity contribution is 0.571. The Morgan fingerprint density at radius 1 is 1.14 bits per heavy atom. The third-order valence-electron chi connectivity index (χ3n) is 3.08. The number of halogens is 2. The van der Waals surface area contributed by atoms with Crippen LogP contribution in [-0.2, 0) is 16.6 Å². The average molecular weight is 312 g/mol. The van der Waals surface area contributed by atoms with Crippen LogP contribution in [0.2, 0.25) is 0 Å². The summed E-state index contributed by atoms with van der Waals surface area (Å²) in [6.45, 7) is 1.22. The largest absolute Gasteiger partial charge is 0.398 e. The predicted molar refractivity (Wildman–Crippen MR) is 76.0 cm³/mol. The van der Waals surface area contributed by atoms with E-state index in [1.165, 1.54) is 31.2 Å². The molecule has 7 heteroatoms. The van der Waals surface area contributed by atoms with Crippen LogP contribution < -0.4 is 10.5 Å². The van der Waals surface area contributed by atoms with Crippen molar-refractivity contribution < 1.29 is 17.2 Å². The number of nitrogens with two attached hydrogens (primary N) is 1. The molecule has 0 saturated heterocycles. The van der Waals surface area contributed by atoms with E-state index in [1.54, 1.807) is 6.07 Å². The molecule has 2 aromatic carbocycles. The molecule has 3 N–H and O–H groups in total. The number of nitrogen functional groups attached to an aromatic ring is 1. The summed E-state index contributed by atoms with van der Waals surface area (Å²) in [6, 6.07) is 7.84. The highest BCUT2D eigenvalue weighted by atomic mass is 32.2. The fraction of sp³-hybridized carbons (Fsp3) is 0.143. The van der Waals surface area contributed by atoms with Crippen LogP contribution in [0.5, 0.6) is 0 Å². The van der Waals surface area contributed by atoms with Gasteiger partial charge in [0.15, 0.2) is 0 Å². The molecule has 0 atom stereocenters. The van der Waals surface area contributed by atoms with E-state index in [1.807, 2.05) is 0 Å². The number of sulfonamides is 1. The summed E-state index contributed by atoms with van der Waals surface area (Å²) in [5.74, 6) is -1.23. The van der Waals surface area contributed by atoms with Gasteiger partial charge in [-0.2, -0.15) is 0 Å². The maximum Gasteiger partial charge on any atom is 0.241 e. The summed E-state index contributed by atoms with van der Waals surface area (Å²) in [5, 5.41) is 0. The highest BCUT2D eigenvalue weighted by Gasteiger charge is 2.17. The molecule has 0 bridgehead atoms. The maximum absolute atomic E-state index is 13.6. The molecule has 2 aromatic rings. The maximum atomic E-state index is 13.6. The third kappa shape index (κ3) is 3.37. The van der Waals surface area contributed by atoms with Gasteiger partial charge in [-0.1, -0.05) is 18.2 Å². The van der Waals surface area contributed by atoms with E-state index in [9.17, 15) is 17.2 Å². The Morgan fingerprint density at radius 2 is 1.81 bits per heavy atom. The minimum atomic E-state index is -3.97.